The van der Waals surface area contributed by atoms with Crippen molar-refractivity contribution in [2.24, 2.45) is 5.73 Å². The van der Waals surface area contributed by atoms with Crippen LogP contribution in [0.1, 0.15) is 10.5 Å². The van der Waals surface area contributed by atoms with Crippen LogP contribution in [0.2, 0.25) is 0 Å². The van der Waals surface area contributed by atoms with Gasteiger partial charge in [-0.05, 0) is 0 Å². The summed E-state index contributed by atoms with van der Waals surface area (Å²) in [7, 11) is 1.47. The van der Waals surface area contributed by atoms with Gasteiger partial charge in [0.15, 0.2) is 5.69 Å². The van der Waals surface area contributed by atoms with Crippen LogP contribution in [-0.2, 0) is 0 Å². The molecule has 0 aliphatic carbocycles. The Morgan fingerprint density at radius 2 is 2.45 bits per heavy atom. The first kappa shape index (κ1) is 7.46. The minimum absolute atomic E-state index is 0.101. The van der Waals surface area contributed by atoms with Crippen molar-refractivity contribution < 1.29 is 9.53 Å². The van der Waals surface area contributed by atoms with Gasteiger partial charge >= 0.3 is 0 Å². The molecule has 0 unspecified atom stereocenters. The minimum atomic E-state index is -0.614. The van der Waals surface area contributed by atoms with E-state index in [0.717, 1.165) is 0 Å². The number of rotatable bonds is 2. The van der Waals surface area contributed by atoms with E-state index in [4.69, 9.17) is 10.5 Å². The molecule has 11 heavy (non-hydrogen) atoms. The number of carbonyl (C=O) groups is 1. The largest absolute Gasteiger partial charge is 0.495 e. The van der Waals surface area contributed by atoms with Gasteiger partial charge in [-0.3, -0.25) is 4.79 Å². The van der Waals surface area contributed by atoms with Crippen molar-refractivity contribution in [3.63, 3.8) is 0 Å². The Balaban J connectivity index is 3.01. The van der Waals surface area contributed by atoms with Gasteiger partial charge in [0.1, 0.15) is 5.75 Å². The van der Waals surface area contributed by atoms with E-state index in [2.05, 4.69) is 10.2 Å². The third-order valence-corrected chi connectivity index (χ3v) is 1.12. The van der Waals surface area contributed by atoms with E-state index >= 15 is 0 Å². The van der Waals surface area contributed by atoms with Crippen molar-refractivity contribution in [1.29, 1.82) is 0 Å². The molecule has 1 aromatic heterocycles. The van der Waals surface area contributed by atoms with Gasteiger partial charge in [0.2, 0.25) is 0 Å². The summed E-state index contributed by atoms with van der Waals surface area (Å²) in [4.78, 5) is 10.5. The quantitative estimate of drug-likeness (QED) is 0.626. The summed E-state index contributed by atoms with van der Waals surface area (Å²) < 4.78 is 4.79. The van der Waals surface area contributed by atoms with Crippen LogP contribution in [0, 0.1) is 0 Å². The lowest BCUT2D eigenvalue weighted by Gasteiger charge is -1.97. The average Bonchev–Trinajstić information content (AvgIpc) is 2.05. The van der Waals surface area contributed by atoms with Crippen LogP contribution in [0.25, 0.3) is 0 Å². The Kier molecular flexibility index (Phi) is 2.00. The van der Waals surface area contributed by atoms with Gasteiger partial charge in [-0.25, -0.2) is 0 Å². The second-order valence-corrected chi connectivity index (χ2v) is 1.84. The Morgan fingerprint density at radius 1 is 1.73 bits per heavy atom. The molecule has 0 bridgehead atoms. The van der Waals surface area contributed by atoms with Crippen molar-refractivity contribution in [2.75, 3.05) is 7.11 Å². The number of carbonyl (C=O) groups excluding carboxylic acids is 1. The second kappa shape index (κ2) is 2.96. The Bertz CT molecular complexity index is 274. The summed E-state index contributed by atoms with van der Waals surface area (Å²) in [5.41, 5.74) is 5.04. The standard InChI is InChI=1S/C6H7N3O2/c1-11-4-2-5(6(7)10)9-8-3-4/h2-3H,1H3,(H2,7,10). The summed E-state index contributed by atoms with van der Waals surface area (Å²) in [6.07, 6.45) is 1.40. The lowest BCUT2D eigenvalue weighted by atomic mass is 10.4. The molecule has 1 heterocycles. The summed E-state index contributed by atoms with van der Waals surface area (Å²) in [6.45, 7) is 0. The molecule has 0 atom stereocenters. The molecule has 1 rings (SSSR count). The summed E-state index contributed by atoms with van der Waals surface area (Å²) in [5, 5.41) is 6.98. The fourth-order valence-electron chi connectivity index (χ4n) is 0.581. The van der Waals surface area contributed by atoms with E-state index in [1.54, 1.807) is 0 Å². The lowest BCUT2D eigenvalue weighted by Crippen LogP contribution is -2.13. The number of primary amides is 1. The third-order valence-electron chi connectivity index (χ3n) is 1.12. The van der Waals surface area contributed by atoms with Crippen molar-refractivity contribution >= 4 is 5.91 Å². The number of nitrogens with zero attached hydrogens (tertiary/aromatic N) is 2. The maximum atomic E-state index is 10.5. The zero-order chi connectivity index (χ0) is 8.27. The first-order chi connectivity index (χ1) is 5.24. The van der Waals surface area contributed by atoms with E-state index in [1.807, 2.05) is 0 Å². The molecule has 0 aliphatic heterocycles. The van der Waals surface area contributed by atoms with Gasteiger partial charge in [-0.1, -0.05) is 0 Å². The Labute approximate surface area is 63.2 Å². The van der Waals surface area contributed by atoms with Crippen LogP contribution in [-0.4, -0.2) is 23.2 Å². The molecule has 0 aliphatic rings. The van der Waals surface area contributed by atoms with E-state index in [1.165, 1.54) is 19.4 Å². The molecule has 5 nitrogen and oxygen atoms in total. The molecule has 0 saturated carbocycles. The van der Waals surface area contributed by atoms with Gasteiger partial charge < -0.3 is 10.5 Å². The monoisotopic (exact) mass is 153 g/mol. The van der Waals surface area contributed by atoms with E-state index < -0.39 is 5.91 Å². The van der Waals surface area contributed by atoms with Gasteiger partial charge in [-0.15, -0.1) is 5.10 Å². The fourth-order valence-corrected chi connectivity index (χ4v) is 0.581. The van der Waals surface area contributed by atoms with E-state index in [-0.39, 0.29) is 5.69 Å². The number of hydrogen-bond donors (Lipinski definition) is 1. The van der Waals surface area contributed by atoms with E-state index in [9.17, 15) is 4.79 Å². The highest BCUT2D eigenvalue weighted by Crippen LogP contribution is 2.06. The number of amides is 1. The molecule has 1 amide bonds. The fraction of sp³-hybridized carbons (Fsp3) is 0.167. The summed E-state index contributed by atoms with van der Waals surface area (Å²) in [6, 6.07) is 1.43. The van der Waals surface area contributed by atoms with Gasteiger partial charge in [0, 0.05) is 6.07 Å². The highest BCUT2D eigenvalue weighted by Gasteiger charge is 2.02. The first-order valence-corrected chi connectivity index (χ1v) is 2.90. The average molecular weight is 153 g/mol. The molecule has 1 aromatic rings. The number of nitrogens with two attached hydrogens (primary N) is 1. The van der Waals surface area contributed by atoms with Gasteiger partial charge in [0.05, 0.1) is 13.3 Å². The van der Waals surface area contributed by atoms with Crippen LogP contribution in [0.4, 0.5) is 0 Å². The maximum absolute atomic E-state index is 10.5. The molecular formula is C6H7N3O2. The van der Waals surface area contributed by atoms with Crippen LogP contribution < -0.4 is 10.5 Å². The number of ether oxygens (including phenoxy) is 1. The minimum Gasteiger partial charge on any atom is -0.495 e. The Hall–Kier alpha value is -1.65. The highest BCUT2D eigenvalue weighted by atomic mass is 16.5. The predicted molar refractivity (Wildman–Crippen MR) is 37.1 cm³/mol. The van der Waals surface area contributed by atoms with Crippen molar-refractivity contribution in [3.05, 3.63) is 18.0 Å². The molecule has 0 aromatic carbocycles. The van der Waals surface area contributed by atoms with E-state index in [0.29, 0.717) is 5.75 Å². The number of aromatic nitrogens is 2. The molecule has 5 heteroatoms. The molecule has 0 fully saturated rings. The van der Waals surface area contributed by atoms with Gasteiger partial charge in [0.25, 0.3) is 5.91 Å². The first-order valence-electron chi connectivity index (χ1n) is 2.90. The Morgan fingerprint density at radius 3 is 3.00 bits per heavy atom. The molecule has 58 valence electrons. The van der Waals surface area contributed by atoms with Crippen LogP contribution in [0.15, 0.2) is 12.3 Å². The topological polar surface area (TPSA) is 78.1 Å². The van der Waals surface area contributed by atoms with Crippen molar-refractivity contribution in [3.8, 4) is 5.75 Å². The van der Waals surface area contributed by atoms with Crippen molar-refractivity contribution in [1.82, 2.24) is 10.2 Å². The SMILES string of the molecule is COc1cnnc(C(N)=O)c1. The molecule has 0 spiro atoms. The molecule has 0 saturated heterocycles. The van der Waals surface area contributed by atoms with Crippen LogP contribution in [0.5, 0.6) is 5.75 Å². The lowest BCUT2D eigenvalue weighted by molar-refractivity contribution is 0.0994. The number of hydrogen-bond acceptors (Lipinski definition) is 4. The van der Waals surface area contributed by atoms with Crippen LogP contribution >= 0.6 is 0 Å². The third kappa shape index (κ3) is 1.64. The van der Waals surface area contributed by atoms with Gasteiger partial charge in [-0.2, -0.15) is 5.10 Å². The summed E-state index contributed by atoms with van der Waals surface area (Å²) in [5.74, 6) is -0.148. The van der Waals surface area contributed by atoms with Crippen LogP contribution in [0.3, 0.4) is 0 Å². The predicted octanol–water partition coefficient (Wildman–Crippen LogP) is -0.416. The second-order valence-electron chi connectivity index (χ2n) is 1.84. The maximum Gasteiger partial charge on any atom is 0.269 e. The molecule has 2 N–H and O–H groups in total. The highest BCUT2D eigenvalue weighted by molar-refractivity contribution is 5.90. The molecular weight excluding hydrogens is 146 g/mol. The smallest absolute Gasteiger partial charge is 0.269 e. The van der Waals surface area contributed by atoms with Crippen molar-refractivity contribution in [2.45, 2.75) is 0 Å². The number of methoxy groups -OCH3 is 1. The molecule has 0 radical (unpaired) electrons. The zero-order valence-electron chi connectivity index (χ0n) is 5.94. The zero-order valence-corrected chi connectivity index (χ0v) is 5.94. The normalized spacial score (nSPS) is 9.18. The summed E-state index contributed by atoms with van der Waals surface area (Å²) >= 11 is 0.